The second kappa shape index (κ2) is 16.4. The van der Waals surface area contributed by atoms with E-state index in [0.717, 1.165) is 22.3 Å². The summed E-state index contributed by atoms with van der Waals surface area (Å²) < 4.78 is 124. The summed E-state index contributed by atoms with van der Waals surface area (Å²) in [5.74, 6) is 0. The highest BCUT2D eigenvalue weighted by Gasteiger charge is 2.37. The topological polar surface area (TPSA) is 150 Å². The zero-order valence-corrected chi connectivity index (χ0v) is 39.2. The van der Waals surface area contributed by atoms with E-state index < -0.39 is 40.1 Å². The van der Waals surface area contributed by atoms with Gasteiger partial charge in [0.15, 0.2) is 0 Å². The number of rotatable bonds is 8. The van der Waals surface area contributed by atoms with Gasteiger partial charge in [-0.05, 0) is 121 Å². The lowest BCUT2D eigenvalue weighted by Crippen LogP contribution is -2.38. The molecule has 0 N–H and O–H groups in total. The Morgan fingerprint density at radius 2 is 0.406 bits per heavy atom. The summed E-state index contributed by atoms with van der Waals surface area (Å²) in [6, 6.07) is 33.5. The van der Waals surface area contributed by atoms with Crippen LogP contribution < -0.4 is 0 Å². The molecule has 0 radical (unpaired) electrons. The van der Waals surface area contributed by atoms with Crippen LogP contribution in [0, 0.1) is 27.7 Å². The minimum Gasteiger partial charge on any atom is -0.207 e. The van der Waals surface area contributed by atoms with Gasteiger partial charge < -0.3 is 0 Å². The lowest BCUT2D eigenvalue weighted by Gasteiger charge is -2.35. The van der Waals surface area contributed by atoms with Crippen molar-refractivity contribution >= 4 is 40.1 Å². The molecule has 0 aliphatic carbocycles. The van der Waals surface area contributed by atoms with Crippen molar-refractivity contribution in [2.45, 2.75) is 99.6 Å². The highest BCUT2D eigenvalue weighted by Crippen LogP contribution is 2.38. The van der Waals surface area contributed by atoms with Gasteiger partial charge in [-0.25, -0.2) is 33.7 Å². The van der Waals surface area contributed by atoms with Gasteiger partial charge in [0, 0.05) is 52.4 Å². The van der Waals surface area contributed by atoms with Gasteiger partial charge in [0.05, 0.1) is 19.6 Å². The van der Waals surface area contributed by atoms with Crippen LogP contribution in [0.1, 0.15) is 66.8 Å². The minimum atomic E-state index is -4.17. The number of nitrogens with zero attached hydrogens (tertiary/aromatic N) is 4. The molecule has 0 unspecified atom stereocenters. The van der Waals surface area contributed by atoms with Crippen LogP contribution in [-0.2, 0) is 92.5 Å². The largest absolute Gasteiger partial charge is 0.243 e. The maximum absolute atomic E-state index is 14.8. The number of sulfonamides is 4. The van der Waals surface area contributed by atoms with Gasteiger partial charge in [-0.15, -0.1) is 0 Å². The summed E-state index contributed by atoms with van der Waals surface area (Å²) in [5.41, 5.74) is 7.20. The van der Waals surface area contributed by atoms with Gasteiger partial charge in [-0.1, -0.05) is 95.1 Å². The lowest BCUT2D eigenvalue weighted by atomic mass is 9.93. The molecule has 2 aliphatic heterocycles. The summed E-state index contributed by atoms with van der Waals surface area (Å²) in [7, 11) is -16.7. The summed E-state index contributed by atoms with van der Waals surface area (Å²) in [6.45, 7) is 5.97. The maximum atomic E-state index is 14.8. The van der Waals surface area contributed by atoms with Crippen LogP contribution in [0.15, 0.2) is 141 Å². The predicted molar refractivity (Wildman–Crippen MR) is 243 cm³/mol. The second-order valence-electron chi connectivity index (χ2n) is 17.1. The molecule has 16 heteroatoms. The lowest BCUT2D eigenvalue weighted by molar-refractivity contribution is 0.353. The molecule has 0 fully saturated rings. The van der Waals surface area contributed by atoms with Gasteiger partial charge in [0.2, 0.25) is 40.1 Å². The molecule has 0 aromatic heterocycles. The Labute approximate surface area is 376 Å². The number of hydrogen-bond donors (Lipinski definition) is 0. The molecule has 0 saturated heterocycles. The fourth-order valence-corrected chi connectivity index (χ4v) is 14.2. The molecule has 6 aromatic carbocycles. The molecule has 2 heterocycles. The molecule has 6 aromatic rings. The number of benzene rings is 6. The molecular weight excluding hydrogens is 889 g/mol. The van der Waals surface area contributed by atoms with Crippen molar-refractivity contribution < 1.29 is 33.7 Å². The molecule has 8 rings (SSSR count). The normalized spacial score (nSPS) is 16.8. The van der Waals surface area contributed by atoms with Gasteiger partial charge in [0.1, 0.15) is 0 Å². The van der Waals surface area contributed by atoms with Crippen molar-refractivity contribution in [3.63, 3.8) is 0 Å². The standard InChI is InChI=1S/C48H48N4O8S4/c1-33-5-13-45(14-6-33)61(53,54)49-25-37-21-41-29-51(63(57,58)47-17-9-35(3)10-18-47)30-42-22-38(26-49)40-24-44(42)32-52(64(59,60)48-19-11-36(4)12-20-48)31-43(41)23-39(37)27-50(28-40)62(55,56)46-15-7-34(2)8-16-46/h5-24H,25-32H2,1-4H3. The molecular formula is C48H48N4O8S4. The van der Waals surface area contributed by atoms with Crippen LogP contribution in [0.4, 0.5) is 0 Å². The zero-order valence-electron chi connectivity index (χ0n) is 35.9. The van der Waals surface area contributed by atoms with E-state index in [9.17, 15) is 33.7 Å². The average molecular weight is 937 g/mol. The summed E-state index contributed by atoms with van der Waals surface area (Å²) >= 11 is 0. The van der Waals surface area contributed by atoms with E-state index in [4.69, 9.17) is 0 Å². The Bertz CT molecular complexity index is 2760. The van der Waals surface area contributed by atoms with Crippen molar-refractivity contribution in [2.75, 3.05) is 0 Å². The van der Waals surface area contributed by atoms with E-state index in [1.54, 1.807) is 121 Å². The van der Waals surface area contributed by atoms with E-state index in [1.165, 1.54) is 17.2 Å². The van der Waals surface area contributed by atoms with Crippen LogP contribution in [0.3, 0.4) is 0 Å². The van der Waals surface area contributed by atoms with E-state index >= 15 is 0 Å². The first-order valence-corrected chi connectivity index (χ1v) is 26.6. The molecule has 12 nitrogen and oxygen atoms in total. The monoisotopic (exact) mass is 936 g/mol. The Kier molecular flexibility index (Phi) is 11.3. The zero-order chi connectivity index (χ0) is 45.3. The van der Waals surface area contributed by atoms with Crippen molar-refractivity contribution in [1.82, 2.24) is 17.2 Å². The van der Waals surface area contributed by atoms with Crippen LogP contribution >= 0.6 is 0 Å². The van der Waals surface area contributed by atoms with Crippen LogP contribution in [0.2, 0.25) is 0 Å². The fourth-order valence-electron chi connectivity index (χ4n) is 8.62. The quantitative estimate of drug-likeness (QED) is 0.153. The van der Waals surface area contributed by atoms with Crippen LogP contribution in [-0.4, -0.2) is 50.9 Å². The molecule has 0 bridgehead atoms. The summed E-state index contributed by atoms with van der Waals surface area (Å²) in [6.07, 6.45) is 0. The van der Waals surface area contributed by atoms with Crippen LogP contribution in [0.5, 0.6) is 0 Å². The first-order chi connectivity index (χ1) is 30.3. The van der Waals surface area contributed by atoms with E-state index in [1.807, 2.05) is 27.7 Å². The third-order valence-electron chi connectivity index (χ3n) is 12.5. The highest BCUT2D eigenvalue weighted by molar-refractivity contribution is 7.90. The van der Waals surface area contributed by atoms with E-state index in [-0.39, 0.29) is 71.9 Å². The summed E-state index contributed by atoms with van der Waals surface area (Å²) in [5, 5.41) is 0. The third-order valence-corrected chi connectivity index (χ3v) is 19.7. The van der Waals surface area contributed by atoms with Crippen molar-refractivity contribution in [1.29, 1.82) is 0 Å². The van der Waals surface area contributed by atoms with Gasteiger partial charge in [-0.2, -0.15) is 17.2 Å². The number of fused-ring (bicyclic) bond motifs is 4. The first kappa shape index (κ1) is 44.2. The second-order valence-corrected chi connectivity index (χ2v) is 24.9. The molecule has 2 aliphatic rings. The Hall–Kier alpha value is -5.04. The number of aryl methyl sites for hydroxylation is 4. The molecule has 332 valence electrons. The van der Waals surface area contributed by atoms with Crippen molar-refractivity contribution in [3.8, 4) is 0 Å². The number of hydrogen-bond acceptors (Lipinski definition) is 8. The minimum absolute atomic E-state index is 0.0936. The third kappa shape index (κ3) is 8.26. The predicted octanol–water partition coefficient (Wildman–Crippen LogP) is 7.42. The summed E-state index contributed by atoms with van der Waals surface area (Å²) in [4.78, 5) is 0.374. The van der Waals surface area contributed by atoms with Crippen LogP contribution in [0.25, 0.3) is 0 Å². The SMILES string of the molecule is Cc1ccc(S(=O)(=O)N2Cc3cc4c5cc3CN(S(=O)(=O)c3ccc(C)cc3)Cc3cc(c(cc3C2)CN(S(=O)(=O)c2ccc(C)cc2)C4)CN(S(=O)(=O)c2ccc(C)cc2)C5)cc1. The molecule has 0 spiro atoms. The fraction of sp³-hybridized carbons (Fsp3) is 0.250. The molecule has 0 atom stereocenters. The Balaban J connectivity index is 1.33. The first-order valence-electron chi connectivity index (χ1n) is 20.8. The maximum Gasteiger partial charge on any atom is 0.243 e. The van der Waals surface area contributed by atoms with Crippen molar-refractivity contribution in [2.24, 2.45) is 0 Å². The van der Waals surface area contributed by atoms with Crippen molar-refractivity contribution in [3.05, 3.63) is 188 Å². The van der Waals surface area contributed by atoms with E-state index in [0.29, 0.717) is 44.5 Å². The van der Waals surface area contributed by atoms with Gasteiger partial charge in [-0.3, -0.25) is 0 Å². The Morgan fingerprint density at radius 3 is 0.547 bits per heavy atom. The highest BCUT2D eigenvalue weighted by atomic mass is 32.2. The average Bonchev–Trinajstić information content (AvgIpc) is 3.25. The van der Waals surface area contributed by atoms with Gasteiger partial charge in [0.25, 0.3) is 0 Å². The van der Waals surface area contributed by atoms with E-state index in [2.05, 4.69) is 0 Å². The van der Waals surface area contributed by atoms with Gasteiger partial charge >= 0.3 is 0 Å². The molecule has 64 heavy (non-hydrogen) atoms. The smallest absolute Gasteiger partial charge is 0.207 e. The molecule has 0 amide bonds. The molecule has 0 saturated carbocycles. The Morgan fingerprint density at radius 1 is 0.266 bits per heavy atom.